The number of nitrogens with one attached hydrogen (secondary N) is 2. The number of hydrogen-bond donors (Lipinski definition) is 2. The molecular weight excluding hydrogens is 543 g/mol. The van der Waals surface area contributed by atoms with E-state index in [1.54, 1.807) is 66.6 Å². The highest BCUT2D eigenvalue weighted by molar-refractivity contribution is 9.10. The van der Waals surface area contributed by atoms with Crippen molar-refractivity contribution in [2.75, 3.05) is 5.32 Å². The van der Waals surface area contributed by atoms with Crippen molar-refractivity contribution in [3.05, 3.63) is 124 Å². The van der Waals surface area contributed by atoms with E-state index < -0.39 is 11.7 Å². The first-order valence-electron chi connectivity index (χ1n) is 10.8. The first-order valence-corrected chi connectivity index (χ1v) is 12.6. The van der Waals surface area contributed by atoms with Crippen LogP contribution in [0.5, 0.6) is 0 Å². The predicted molar refractivity (Wildman–Crippen MR) is 144 cm³/mol. The van der Waals surface area contributed by atoms with E-state index in [0.717, 1.165) is 16.2 Å². The summed E-state index contributed by atoms with van der Waals surface area (Å²) in [6.45, 7) is 0. The summed E-state index contributed by atoms with van der Waals surface area (Å²) >= 11 is 5.03. The van der Waals surface area contributed by atoms with Crippen LogP contribution in [-0.2, 0) is 5.75 Å². The molecule has 1 aromatic heterocycles. The van der Waals surface area contributed by atoms with Gasteiger partial charge in [-0.2, -0.15) is 5.10 Å². The number of nitrogens with zero attached hydrogens (tertiary/aromatic N) is 2. The summed E-state index contributed by atoms with van der Waals surface area (Å²) in [5.41, 5.74) is 5.01. The molecule has 0 aliphatic heterocycles. The lowest BCUT2D eigenvalue weighted by molar-refractivity contribution is 0.0956. The summed E-state index contributed by atoms with van der Waals surface area (Å²) in [6.07, 6.45) is 4.85. The number of anilines is 1. The Kier molecular flexibility index (Phi) is 8.59. The topological polar surface area (TPSA) is 83.5 Å². The molecule has 3 aromatic carbocycles. The molecule has 4 aromatic rings. The number of benzene rings is 3. The Morgan fingerprint density at radius 2 is 1.75 bits per heavy atom. The van der Waals surface area contributed by atoms with Gasteiger partial charge < -0.3 is 5.32 Å². The molecule has 36 heavy (non-hydrogen) atoms. The van der Waals surface area contributed by atoms with Crippen LogP contribution in [0.3, 0.4) is 0 Å². The first kappa shape index (κ1) is 25.3. The maximum atomic E-state index is 13.3. The van der Waals surface area contributed by atoms with Gasteiger partial charge in [0.1, 0.15) is 5.82 Å². The highest BCUT2D eigenvalue weighted by Gasteiger charge is 2.15. The molecule has 6 nitrogen and oxygen atoms in total. The summed E-state index contributed by atoms with van der Waals surface area (Å²) in [7, 11) is 0. The maximum Gasteiger partial charge on any atom is 0.273 e. The zero-order chi connectivity index (χ0) is 25.3. The van der Waals surface area contributed by atoms with E-state index in [1.807, 2.05) is 24.3 Å². The number of hydrazone groups is 1. The third kappa shape index (κ3) is 7.10. The number of pyridine rings is 1. The second-order valence-corrected chi connectivity index (χ2v) is 9.53. The number of aromatic nitrogens is 1. The molecule has 0 radical (unpaired) electrons. The first-order chi connectivity index (χ1) is 17.5. The number of rotatable bonds is 8. The average molecular weight is 563 g/mol. The number of thioether (sulfide) groups is 1. The van der Waals surface area contributed by atoms with Crippen LogP contribution in [0.1, 0.15) is 31.8 Å². The summed E-state index contributed by atoms with van der Waals surface area (Å²) in [4.78, 5) is 30.7. The van der Waals surface area contributed by atoms with Crippen molar-refractivity contribution in [2.24, 2.45) is 5.10 Å². The van der Waals surface area contributed by atoms with E-state index >= 15 is 0 Å². The molecule has 0 atom stereocenters. The zero-order valence-electron chi connectivity index (χ0n) is 18.8. The maximum absolute atomic E-state index is 13.3. The molecule has 0 unspecified atom stereocenters. The lowest BCUT2D eigenvalue weighted by Gasteiger charge is -2.11. The molecule has 180 valence electrons. The van der Waals surface area contributed by atoms with E-state index in [1.165, 1.54) is 18.3 Å². The van der Waals surface area contributed by atoms with Crippen LogP contribution in [0.25, 0.3) is 0 Å². The molecule has 0 saturated carbocycles. The Morgan fingerprint density at radius 3 is 2.50 bits per heavy atom. The molecule has 0 spiro atoms. The largest absolute Gasteiger partial charge is 0.321 e. The van der Waals surface area contributed by atoms with Gasteiger partial charge in [-0.05, 0) is 65.7 Å². The molecule has 4 rings (SSSR count). The van der Waals surface area contributed by atoms with Crippen LogP contribution in [-0.4, -0.2) is 23.0 Å². The molecule has 1 heterocycles. The fourth-order valence-corrected chi connectivity index (χ4v) is 4.37. The minimum Gasteiger partial charge on any atom is -0.321 e. The van der Waals surface area contributed by atoms with Crippen LogP contribution in [0.2, 0.25) is 0 Å². The van der Waals surface area contributed by atoms with Crippen molar-refractivity contribution >= 4 is 51.4 Å². The Hall–Kier alpha value is -3.82. The molecule has 0 aliphatic carbocycles. The molecule has 9 heteroatoms. The fraction of sp³-hybridized carbons (Fsp3) is 0.0370. The summed E-state index contributed by atoms with van der Waals surface area (Å²) in [6, 6.07) is 22.0. The zero-order valence-corrected chi connectivity index (χ0v) is 21.2. The Labute approximate surface area is 220 Å². The average Bonchev–Trinajstić information content (AvgIpc) is 2.89. The van der Waals surface area contributed by atoms with Gasteiger partial charge in [0.25, 0.3) is 11.8 Å². The SMILES string of the molecule is O=C(Nc1ccc(Br)cc1C(=O)NN=Cc1cccc(F)c1)c1ccc(CSc2ccncc2)cc1. The van der Waals surface area contributed by atoms with Gasteiger partial charge in [0.05, 0.1) is 17.5 Å². The van der Waals surface area contributed by atoms with Crippen molar-refractivity contribution in [2.45, 2.75) is 10.6 Å². The molecule has 2 amide bonds. The number of carbonyl (C=O) groups excluding carboxylic acids is 2. The molecule has 0 saturated heterocycles. The van der Waals surface area contributed by atoms with E-state index in [-0.39, 0.29) is 11.5 Å². The minimum absolute atomic E-state index is 0.222. The van der Waals surface area contributed by atoms with Crippen LogP contribution in [0, 0.1) is 5.82 Å². The Bertz CT molecular complexity index is 1400. The quantitative estimate of drug-likeness (QED) is 0.150. The van der Waals surface area contributed by atoms with Gasteiger partial charge in [-0.25, -0.2) is 9.82 Å². The minimum atomic E-state index is -0.525. The van der Waals surface area contributed by atoms with Crippen molar-refractivity contribution < 1.29 is 14.0 Å². The van der Waals surface area contributed by atoms with E-state index in [2.05, 4.69) is 36.8 Å². The van der Waals surface area contributed by atoms with Crippen LogP contribution < -0.4 is 10.7 Å². The normalized spacial score (nSPS) is 10.8. The highest BCUT2D eigenvalue weighted by Crippen LogP contribution is 2.24. The third-order valence-electron chi connectivity index (χ3n) is 4.97. The van der Waals surface area contributed by atoms with E-state index in [4.69, 9.17) is 0 Å². The molecular formula is C27H20BrFN4O2S. The fourth-order valence-electron chi connectivity index (χ4n) is 3.17. The second-order valence-electron chi connectivity index (χ2n) is 7.57. The number of amides is 2. The lowest BCUT2D eigenvalue weighted by Crippen LogP contribution is -2.21. The highest BCUT2D eigenvalue weighted by atomic mass is 79.9. The van der Waals surface area contributed by atoms with Crippen LogP contribution >= 0.6 is 27.7 Å². The summed E-state index contributed by atoms with van der Waals surface area (Å²) in [5.74, 6) is -0.507. The number of hydrogen-bond acceptors (Lipinski definition) is 5. The van der Waals surface area contributed by atoms with Gasteiger partial charge >= 0.3 is 0 Å². The standard InChI is InChI=1S/C27H20BrFN4O2S/c28-21-8-9-25(24(15-21)27(35)33-31-16-19-2-1-3-22(29)14-19)32-26(34)20-6-4-18(5-7-20)17-36-23-10-12-30-13-11-23/h1-16H,17H2,(H,32,34)(H,33,35). The summed E-state index contributed by atoms with van der Waals surface area (Å²) < 4.78 is 14.0. The van der Waals surface area contributed by atoms with Crippen molar-refractivity contribution in [3.63, 3.8) is 0 Å². The number of carbonyl (C=O) groups is 2. The molecule has 0 bridgehead atoms. The van der Waals surface area contributed by atoms with Crippen molar-refractivity contribution in [1.29, 1.82) is 0 Å². The van der Waals surface area contributed by atoms with Crippen molar-refractivity contribution in [1.82, 2.24) is 10.4 Å². The van der Waals surface area contributed by atoms with Gasteiger partial charge in [0.2, 0.25) is 0 Å². The smallest absolute Gasteiger partial charge is 0.273 e. The van der Waals surface area contributed by atoms with E-state index in [9.17, 15) is 14.0 Å². The van der Waals surface area contributed by atoms with Gasteiger partial charge in [-0.15, -0.1) is 11.8 Å². The molecule has 0 fully saturated rings. The molecule has 0 aliphatic rings. The van der Waals surface area contributed by atoms with Gasteiger partial charge in [0, 0.05) is 33.1 Å². The molecule has 2 N–H and O–H groups in total. The Morgan fingerprint density at radius 1 is 0.972 bits per heavy atom. The van der Waals surface area contributed by atoms with Gasteiger partial charge in [0.15, 0.2) is 0 Å². The van der Waals surface area contributed by atoms with Crippen LogP contribution in [0.4, 0.5) is 10.1 Å². The second kappa shape index (κ2) is 12.2. The number of halogens is 2. The monoisotopic (exact) mass is 562 g/mol. The Balaban J connectivity index is 1.40. The summed E-state index contributed by atoms with van der Waals surface area (Å²) in [5, 5.41) is 6.69. The third-order valence-corrected chi connectivity index (χ3v) is 6.55. The van der Waals surface area contributed by atoms with Gasteiger partial charge in [-0.3, -0.25) is 14.6 Å². The predicted octanol–water partition coefficient (Wildman–Crippen LogP) is 6.29. The van der Waals surface area contributed by atoms with Gasteiger partial charge in [-0.1, -0.05) is 40.2 Å². The van der Waals surface area contributed by atoms with Crippen molar-refractivity contribution in [3.8, 4) is 0 Å². The van der Waals surface area contributed by atoms with E-state index in [0.29, 0.717) is 21.3 Å². The lowest BCUT2D eigenvalue weighted by atomic mass is 10.1. The van der Waals surface area contributed by atoms with Crippen LogP contribution in [0.15, 0.2) is 106 Å².